The molecule has 24 heavy (non-hydrogen) atoms. The van der Waals surface area contributed by atoms with Crippen LogP contribution in [0, 0.1) is 6.92 Å². The standard InChI is InChI=1S/C19H19N3O2/c1-12-16(15-4-2-3-5-17(15)22-12)10-18(23)21-11-13-6-8-14(9-7-13)19(20)24/h2-9,22H,10-11H2,1H3,(H2,20,24)(H,21,23). The average Bonchev–Trinajstić information content (AvgIpc) is 2.89. The molecule has 3 rings (SSSR count). The number of primary amides is 1. The van der Waals surface area contributed by atoms with Crippen LogP contribution in [0.2, 0.25) is 0 Å². The number of aryl methyl sites for hydroxylation is 1. The molecule has 0 aliphatic heterocycles. The highest BCUT2D eigenvalue weighted by Crippen LogP contribution is 2.22. The van der Waals surface area contributed by atoms with Crippen molar-refractivity contribution in [3.05, 3.63) is 70.9 Å². The topological polar surface area (TPSA) is 88.0 Å². The Morgan fingerprint density at radius 1 is 1.08 bits per heavy atom. The molecule has 0 bridgehead atoms. The van der Waals surface area contributed by atoms with E-state index in [9.17, 15) is 9.59 Å². The van der Waals surface area contributed by atoms with Gasteiger partial charge in [-0.1, -0.05) is 30.3 Å². The monoisotopic (exact) mass is 321 g/mol. The summed E-state index contributed by atoms with van der Waals surface area (Å²) in [5, 5.41) is 3.99. The van der Waals surface area contributed by atoms with Gasteiger partial charge in [0.05, 0.1) is 6.42 Å². The number of aromatic amines is 1. The molecule has 0 saturated carbocycles. The van der Waals surface area contributed by atoms with Crippen LogP contribution in [0.1, 0.15) is 27.2 Å². The van der Waals surface area contributed by atoms with Gasteiger partial charge < -0.3 is 16.0 Å². The zero-order chi connectivity index (χ0) is 17.1. The maximum atomic E-state index is 12.3. The number of carbonyl (C=O) groups is 2. The van der Waals surface area contributed by atoms with E-state index in [1.807, 2.05) is 31.2 Å². The van der Waals surface area contributed by atoms with E-state index in [1.165, 1.54) is 0 Å². The molecular weight excluding hydrogens is 302 g/mol. The highest BCUT2D eigenvalue weighted by Gasteiger charge is 2.12. The van der Waals surface area contributed by atoms with E-state index < -0.39 is 5.91 Å². The predicted molar refractivity (Wildman–Crippen MR) is 93.5 cm³/mol. The summed E-state index contributed by atoms with van der Waals surface area (Å²) in [5.74, 6) is -0.498. The molecule has 0 radical (unpaired) electrons. The maximum Gasteiger partial charge on any atom is 0.248 e. The molecular formula is C19H19N3O2. The van der Waals surface area contributed by atoms with E-state index in [2.05, 4.69) is 10.3 Å². The highest BCUT2D eigenvalue weighted by atomic mass is 16.1. The molecule has 2 aromatic carbocycles. The van der Waals surface area contributed by atoms with E-state index >= 15 is 0 Å². The summed E-state index contributed by atoms with van der Waals surface area (Å²) in [6.45, 7) is 2.39. The molecule has 0 unspecified atom stereocenters. The summed E-state index contributed by atoms with van der Waals surface area (Å²) in [5.41, 5.74) is 9.66. The molecule has 0 saturated heterocycles. The van der Waals surface area contributed by atoms with E-state index in [4.69, 9.17) is 5.73 Å². The number of fused-ring (bicyclic) bond motifs is 1. The lowest BCUT2D eigenvalue weighted by Crippen LogP contribution is -2.24. The molecule has 0 atom stereocenters. The predicted octanol–water partition coefficient (Wildman–Crippen LogP) is 2.43. The van der Waals surface area contributed by atoms with Crippen molar-refractivity contribution in [1.82, 2.24) is 10.3 Å². The summed E-state index contributed by atoms with van der Waals surface area (Å²) < 4.78 is 0. The first kappa shape index (κ1) is 15.8. The number of nitrogens with one attached hydrogen (secondary N) is 2. The number of rotatable bonds is 5. The Kier molecular flexibility index (Phi) is 4.33. The summed E-state index contributed by atoms with van der Waals surface area (Å²) in [6.07, 6.45) is 0.329. The van der Waals surface area contributed by atoms with E-state index in [0.29, 0.717) is 18.5 Å². The molecule has 3 aromatic rings. The normalized spacial score (nSPS) is 10.7. The van der Waals surface area contributed by atoms with Gasteiger partial charge >= 0.3 is 0 Å². The first-order valence-electron chi connectivity index (χ1n) is 7.76. The molecule has 0 aliphatic carbocycles. The lowest BCUT2D eigenvalue weighted by atomic mass is 10.1. The Bertz CT molecular complexity index is 895. The van der Waals surface area contributed by atoms with Gasteiger partial charge in [-0.05, 0) is 36.2 Å². The minimum atomic E-state index is -0.458. The fraction of sp³-hybridized carbons (Fsp3) is 0.158. The van der Waals surface area contributed by atoms with Gasteiger partial charge in [-0.3, -0.25) is 9.59 Å². The molecule has 2 amide bonds. The van der Waals surface area contributed by atoms with Gasteiger partial charge in [-0.15, -0.1) is 0 Å². The number of hydrogen-bond donors (Lipinski definition) is 3. The van der Waals surface area contributed by atoms with Crippen LogP contribution in [0.4, 0.5) is 0 Å². The summed E-state index contributed by atoms with van der Waals surface area (Å²) in [6, 6.07) is 14.9. The quantitative estimate of drug-likeness (QED) is 0.674. The molecule has 122 valence electrons. The van der Waals surface area contributed by atoms with Crippen LogP contribution in [-0.2, 0) is 17.8 Å². The van der Waals surface area contributed by atoms with Crippen LogP contribution < -0.4 is 11.1 Å². The van der Waals surface area contributed by atoms with Crippen molar-refractivity contribution >= 4 is 22.7 Å². The second kappa shape index (κ2) is 6.58. The molecule has 1 heterocycles. The third-order valence-corrected chi connectivity index (χ3v) is 4.09. The van der Waals surface area contributed by atoms with Gasteiger partial charge in [0.2, 0.25) is 11.8 Å². The van der Waals surface area contributed by atoms with Gasteiger partial charge in [0.1, 0.15) is 0 Å². The second-order valence-electron chi connectivity index (χ2n) is 5.79. The minimum Gasteiger partial charge on any atom is -0.366 e. The summed E-state index contributed by atoms with van der Waals surface area (Å²) in [4.78, 5) is 26.6. The van der Waals surface area contributed by atoms with Crippen LogP contribution in [-0.4, -0.2) is 16.8 Å². The van der Waals surface area contributed by atoms with Gasteiger partial charge in [0.25, 0.3) is 0 Å². The van der Waals surface area contributed by atoms with Crippen molar-refractivity contribution in [1.29, 1.82) is 0 Å². The molecule has 1 aromatic heterocycles. The van der Waals surface area contributed by atoms with Gasteiger partial charge in [-0.25, -0.2) is 0 Å². The fourth-order valence-electron chi connectivity index (χ4n) is 2.77. The lowest BCUT2D eigenvalue weighted by molar-refractivity contribution is -0.120. The lowest BCUT2D eigenvalue weighted by Gasteiger charge is -2.06. The number of carbonyl (C=O) groups excluding carboxylic acids is 2. The summed E-state index contributed by atoms with van der Waals surface area (Å²) in [7, 11) is 0. The number of para-hydroxylation sites is 1. The summed E-state index contributed by atoms with van der Waals surface area (Å²) >= 11 is 0. The Morgan fingerprint density at radius 3 is 2.50 bits per heavy atom. The number of aromatic nitrogens is 1. The smallest absolute Gasteiger partial charge is 0.248 e. The maximum absolute atomic E-state index is 12.3. The molecule has 0 aliphatic rings. The molecule has 0 spiro atoms. The Morgan fingerprint density at radius 2 is 1.79 bits per heavy atom. The Balaban J connectivity index is 1.65. The Hall–Kier alpha value is -3.08. The van der Waals surface area contributed by atoms with Gasteiger partial charge in [0.15, 0.2) is 0 Å². The second-order valence-corrected chi connectivity index (χ2v) is 5.79. The van der Waals surface area contributed by atoms with Crippen molar-refractivity contribution in [3.8, 4) is 0 Å². The van der Waals surface area contributed by atoms with Crippen LogP contribution in [0.3, 0.4) is 0 Å². The molecule has 4 N–H and O–H groups in total. The number of hydrogen-bond acceptors (Lipinski definition) is 2. The average molecular weight is 321 g/mol. The minimum absolute atomic E-state index is 0.0400. The molecule has 5 heteroatoms. The van der Waals surface area contributed by atoms with E-state index in [-0.39, 0.29) is 5.91 Å². The number of H-pyrrole nitrogens is 1. The third-order valence-electron chi connectivity index (χ3n) is 4.09. The van der Waals surface area contributed by atoms with E-state index in [0.717, 1.165) is 27.7 Å². The van der Waals surface area contributed by atoms with E-state index in [1.54, 1.807) is 24.3 Å². The largest absolute Gasteiger partial charge is 0.366 e. The van der Waals surface area contributed by atoms with Gasteiger partial charge in [-0.2, -0.15) is 0 Å². The number of amides is 2. The van der Waals surface area contributed by atoms with Crippen LogP contribution in [0.5, 0.6) is 0 Å². The molecule has 5 nitrogen and oxygen atoms in total. The third kappa shape index (κ3) is 3.30. The van der Waals surface area contributed by atoms with Crippen LogP contribution >= 0.6 is 0 Å². The van der Waals surface area contributed by atoms with Crippen molar-refractivity contribution in [3.63, 3.8) is 0 Å². The number of benzene rings is 2. The zero-order valence-electron chi connectivity index (χ0n) is 13.4. The van der Waals surface area contributed by atoms with Crippen LogP contribution in [0.25, 0.3) is 10.9 Å². The number of nitrogens with two attached hydrogens (primary N) is 1. The van der Waals surface area contributed by atoms with Crippen LogP contribution in [0.15, 0.2) is 48.5 Å². The van der Waals surface area contributed by atoms with Gasteiger partial charge in [0, 0.05) is 28.7 Å². The zero-order valence-corrected chi connectivity index (χ0v) is 13.4. The highest BCUT2D eigenvalue weighted by molar-refractivity contribution is 5.92. The first-order chi connectivity index (χ1) is 11.5. The SMILES string of the molecule is Cc1[nH]c2ccccc2c1CC(=O)NCc1ccc(C(N)=O)cc1. The van der Waals surface area contributed by atoms with Crippen molar-refractivity contribution in [2.24, 2.45) is 5.73 Å². The first-order valence-corrected chi connectivity index (χ1v) is 7.76. The van der Waals surface area contributed by atoms with Crippen molar-refractivity contribution in [2.45, 2.75) is 19.9 Å². The van der Waals surface area contributed by atoms with Crippen molar-refractivity contribution in [2.75, 3.05) is 0 Å². The van der Waals surface area contributed by atoms with Crippen molar-refractivity contribution < 1.29 is 9.59 Å². The fourth-order valence-corrected chi connectivity index (χ4v) is 2.77. The molecule has 0 fully saturated rings. The Labute approximate surface area is 139 Å².